The van der Waals surface area contributed by atoms with E-state index in [4.69, 9.17) is 26.3 Å². The third-order valence-corrected chi connectivity index (χ3v) is 4.71. The molecule has 2 aromatic carbocycles. The lowest BCUT2D eigenvalue weighted by Gasteiger charge is -2.10. The third-order valence-electron chi connectivity index (χ3n) is 3.73. The van der Waals surface area contributed by atoms with Gasteiger partial charge < -0.3 is 14.7 Å². The standard InChI is InChI=1S/C18H13ClF3NO3S/c19-13-6-4-11(5-7-13)15-14(24)16(17(23)25-15)26-27-9-10-2-1-3-12(8-10)18(20,21)22/h1-8,15H,9,23H2. The summed E-state index contributed by atoms with van der Waals surface area (Å²) in [6, 6.07) is 11.4. The Kier molecular flexibility index (Phi) is 5.57. The minimum Gasteiger partial charge on any atom is -0.460 e. The van der Waals surface area contributed by atoms with Crippen LogP contribution in [0.5, 0.6) is 0 Å². The van der Waals surface area contributed by atoms with Gasteiger partial charge in [-0.15, -0.1) is 0 Å². The van der Waals surface area contributed by atoms with E-state index >= 15 is 0 Å². The molecule has 4 nitrogen and oxygen atoms in total. The highest BCUT2D eigenvalue weighted by molar-refractivity contribution is 7.94. The van der Waals surface area contributed by atoms with Crippen molar-refractivity contribution in [3.8, 4) is 0 Å². The minimum atomic E-state index is -4.42. The monoisotopic (exact) mass is 415 g/mol. The van der Waals surface area contributed by atoms with E-state index in [2.05, 4.69) is 0 Å². The number of hydrogen-bond acceptors (Lipinski definition) is 5. The second kappa shape index (κ2) is 7.74. The molecule has 0 amide bonds. The Hall–Kier alpha value is -2.32. The summed E-state index contributed by atoms with van der Waals surface area (Å²) in [6.07, 6.45) is -5.36. The predicted octanol–water partition coefficient (Wildman–Crippen LogP) is 4.99. The maximum absolute atomic E-state index is 12.7. The number of carbonyl (C=O) groups is 1. The first-order valence-electron chi connectivity index (χ1n) is 7.67. The number of ether oxygens (including phenoxy) is 1. The van der Waals surface area contributed by atoms with Gasteiger partial charge in [0.25, 0.3) is 0 Å². The summed E-state index contributed by atoms with van der Waals surface area (Å²) in [5.74, 6) is -0.700. The molecule has 0 saturated heterocycles. The van der Waals surface area contributed by atoms with Crippen LogP contribution in [0.1, 0.15) is 22.8 Å². The Labute approximate surface area is 162 Å². The van der Waals surface area contributed by atoms with Crippen LogP contribution in [0.3, 0.4) is 0 Å². The number of benzene rings is 2. The molecule has 142 valence electrons. The number of Topliss-reactive ketones (excluding diaryl/α,β-unsaturated/α-hetero) is 1. The van der Waals surface area contributed by atoms with Crippen LogP contribution in [0.15, 0.2) is 60.2 Å². The van der Waals surface area contributed by atoms with Crippen molar-refractivity contribution < 1.29 is 26.9 Å². The van der Waals surface area contributed by atoms with Gasteiger partial charge in [0, 0.05) is 10.6 Å². The summed E-state index contributed by atoms with van der Waals surface area (Å²) in [6.45, 7) is 0. The molecule has 1 aliphatic rings. The van der Waals surface area contributed by atoms with Crippen molar-refractivity contribution in [1.29, 1.82) is 0 Å². The zero-order chi connectivity index (χ0) is 19.6. The molecule has 2 aromatic rings. The fourth-order valence-corrected chi connectivity index (χ4v) is 3.19. The number of ketones is 1. The molecule has 0 radical (unpaired) electrons. The van der Waals surface area contributed by atoms with Crippen LogP contribution >= 0.6 is 23.6 Å². The third kappa shape index (κ3) is 4.51. The van der Waals surface area contributed by atoms with Crippen LogP contribution in [0.25, 0.3) is 0 Å². The molecule has 27 heavy (non-hydrogen) atoms. The van der Waals surface area contributed by atoms with E-state index in [0.29, 0.717) is 16.1 Å². The smallest absolute Gasteiger partial charge is 0.416 e. The summed E-state index contributed by atoms with van der Waals surface area (Å²) in [4.78, 5) is 12.4. The van der Waals surface area contributed by atoms with Gasteiger partial charge in [-0.3, -0.25) is 4.79 Å². The normalized spacial score (nSPS) is 17.2. The summed E-state index contributed by atoms with van der Waals surface area (Å²) in [7, 11) is 0. The Balaban J connectivity index is 1.62. The van der Waals surface area contributed by atoms with Crippen LogP contribution in [-0.2, 0) is 25.6 Å². The zero-order valence-corrected chi connectivity index (χ0v) is 15.2. The summed E-state index contributed by atoms with van der Waals surface area (Å²) < 4.78 is 48.9. The highest BCUT2D eigenvalue weighted by atomic mass is 35.5. The lowest BCUT2D eigenvalue weighted by molar-refractivity contribution is -0.137. The van der Waals surface area contributed by atoms with Crippen LogP contribution in [0, 0.1) is 0 Å². The van der Waals surface area contributed by atoms with Gasteiger partial charge in [-0.2, -0.15) is 13.2 Å². The number of rotatable bonds is 5. The largest absolute Gasteiger partial charge is 0.460 e. The molecule has 0 aliphatic carbocycles. The van der Waals surface area contributed by atoms with Crippen LogP contribution < -0.4 is 5.73 Å². The first kappa shape index (κ1) is 19.4. The molecular weight excluding hydrogens is 403 g/mol. The van der Waals surface area contributed by atoms with Gasteiger partial charge >= 0.3 is 6.18 Å². The maximum atomic E-state index is 12.7. The van der Waals surface area contributed by atoms with E-state index in [1.54, 1.807) is 24.3 Å². The predicted molar refractivity (Wildman–Crippen MR) is 95.3 cm³/mol. The first-order chi connectivity index (χ1) is 12.8. The molecule has 0 bridgehead atoms. The van der Waals surface area contributed by atoms with Gasteiger partial charge in [0.05, 0.1) is 23.4 Å². The van der Waals surface area contributed by atoms with E-state index in [-0.39, 0.29) is 17.4 Å². The molecule has 9 heteroatoms. The summed E-state index contributed by atoms with van der Waals surface area (Å²) >= 11 is 6.62. The lowest BCUT2D eigenvalue weighted by atomic mass is 10.1. The number of halogens is 4. The SMILES string of the molecule is NC1=C(OSCc2cccc(C(F)(F)F)c2)C(=O)C(c2ccc(Cl)cc2)O1. The van der Waals surface area contributed by atoms with E-state index in [1.807, 2.05) is 0 Å². The topological polar surface area (TPSA) is 61.5 Å². The zero-order valence-electron chi connectivity index (χ0n) is 13.6. The highest BCUT2D eigenvalue weighted by Gasteiger charge is 2.37. The second-order valence-corrected chi connectivity index (χ2v) is 6.78. The number of hydrogen-bond donors (Lipinski definition) is 1. The van der Waals surface area contributed by atoms with E-state index in [0.717, 1.165) is 24.2 Å². The Morgan fingerprint density at radius 3 is 2.56 bits per heavy atom. The lowest BCUT2D eigenvalue weighted by Crippen LogP contribution is -2.10. The van der Waals surface area contributed by atoms with E-state index in [9.17, 15) is 18.0 Å². The molecule has 2 N–H and O–H groups in total. The quantitative estimate of drug-likeness (QED) is 0.697. The van der Waals surface area contributed by atoms with Crippen molar-refractivity contribution in [3.63, 3.8) is 0 Å². The first-order valence-corrected chi connectivity index (χ1v) is 8.96. The van der Waals surface area contributed by atoms with Crippen molar-refractivity contribution in [2.75, 3.05) is 0 Å². The molecule has 0 aromatic heterocycles. The van der Waals surface area contributed by atoms with E-state index in [1.165, 1.54) is 12.1 Å². The van der Waals surface area contributed by atoms with Crippen molar-refractivity contribution in [2.24, 2.45) is 5.73 Å². The molecular formula is C18H13ClF3NO3S. The molecule has 3 rings (SSSR count). The average Bonchev–Trinajstić information content (AvgIpc) is 2.90. The van der Waals surface area contributed by atoms with Crippen molar-refractivity contribution in [3.05, 3.63) is 81.9 Å². The molecule has 1 aliphatic heterocycles. The van der Waals surface area contributed by atoms with Crippen molar-refractivity contribution in [2.45, 2.75) is 18.0 Å². The summed E-state index contributed by atoms with van der Waals surface area (Å²) in [5, 5.41) is 0.512. The van der Waals surface area contributed by atoms with E-state index < -0.39 is 23.6 Å². The van der Waals surface area contributed by atoms with Crippen molar-refractivity contribution in [1.82, 2.24) is 0 Å². The Bertz CT molecular complexity index is 884. The van der Waals surface area contributed by atoms with Gasteiger partial charge in [0.2, 0.25) is 17.4 Å². The Morgan fingerprint density at radius 1 is 1.19 bits per heavy atom. The van der Waals surface area contributed by atoms with Crippen LogP contribution in [0.4, 0.5) is 13.2 Å². The maximum Gasteiger partial charge on any atom is 0.416 e. The van der Waals surface area contributed by atoms with Gasteiger partial charge in [-0.25, -0.2) is 0 Å². The highest BCUT2D eigenvalue weighted by Crippen LogP contribution is 2.35. The Morgan fingerprint density at radius 2 is 1.89 bits per heavy atom. The molecule has 1 atom stereocenters. The van der Waals surface area contributed by atoms with Crippen LogP contribution in [0.2, 0.25) is 5.02 Å². The number of nitrogens with two attached hydrogens (primary N) is 1. The molecule has 0 saturated carbocycles. The van der Waals surface area contributed by atoms with Crippen molar-refractivity contribution >= 4 is 29.4 Å². The fraction of sp³-hybridized carbons (Fsp3) is 0.167. The van der Waals surface area contributed by atoms with Crippen LogP contribution in [-0.4, -0.2) is 5.78 Å². The molecule has 0 spiro atoms. The number of carbonyl (C=O) groups excluding carboxylic acids is 1. The van der Waals surface area contributed by atoms with Gasteiger partial charge in [-0.05, 0) is 23.8 Å². The number of alkyl halides is 3. The fourth-order valence-electron chi connectivity index (χ4n) is 2.41. The second-order valence-electron chi connectivity index (χ2n) is 5.65. The molecule has 1 heterocycles. The molecule has 0 fully saturated rings. The minimum absolute atomic E-state index is 0.0968. The average molecular weight is 416 g/mol. The van der Waals surface area contributed by atoms with Gasteiger partial charge in [0.1, 0.15) is 0 Å². The van der Waals surface area contributed by atoms with Gasteiger partial charge in [0.15, 0.2) is 6.10 Å². The van der Waals surface area contributed by atoms with Gasteiger partial charge in [-0.1, -0.05) is 41.9 Å². The molecule has 1 unspecified atom stereocenters. The summed E-state index contributed by atoms with van der Waals surface area (Å²) in [5.41, 5.74) is 5.92.